The summed E-state index contributed by atoms with van der Waals surface area (Å²) in [5.41, 5.74) is 0. The summed E-state index contributed by atoms with van der Waals surface area (Å²) in [4.78, 5) is 33.6. The summed E-state index contributed by atoms with van der Waals surface area (Å²) in [6.07, 6.45) is 34.7. The van der Waals surface area contributed by atoms with Crippen molar-refractivity contribution < 1.29 is 34.8 Å². The van der Waals surface area contributed by atoms with Crippen LogP contribution in [0.3, 0.4) is 0 Å². The van der Waals surface area contributed by atoms with E-state index in [1.807, 2.05) is 99.1 Å². The molecule has 294 valence electrons. The van der Waals surface area contributed by atoms with Crippen molar-refractivity contribution in [2.45, 2.75) is 0 Å². The van der Waals surface area contributed by atoms with Gasteiger partial charge in [0, 0.05) is 99.1 Å². The molecule has 0 spiro atoms. The maximum Gasteiger partial charge on any atom is 1.00 e. The molecule has 0 N–H and O–H groups in total. The first-order valence-corrected chi connectivity index (χ1v) is 24.2. The van der Waals surface area contributed by atoms with Gasteiger partial charge in [-0.3, -0.25) is 39.9 Å². The van der Waals surface area contributed by atoms with Crippen molar-refractivity contribution in [2.75, 3.05) is 24.6 Å². The summed E-state index contributed by atoms with van der Waals surface area (Å²) in [7, 11) is -1.84. The van der Waals surface area contributed by atoms with Crippen LogP contribution in [-0.4, -0.2) is 64.5 Å². The summed E-state index contributed by atoms with van der Waals surface area (Å²) >= 11 is 0. The zero-order chi connectivity index (χ0) is 38.0. The van der Waals surface area contributed by atoms with Crippen LogP contribution in [0.25, 0.3) is 0 Å². The topological polar surface area (TPSA) is 103 Å². The summed E-state index contributed by atoms with van der Waals surface area (Å²) in [5.74, 6) is 0. The fourth-order valence-electron chi connectivity index (χ4n) is 6.22. The molecule has 0 aliphatic heterocycles. The molecule has 0 radical (unpaired) electrons. The summed E-state index contributed by atoms with van der Waals surface area (Å²) in [6, 6.07) is 34.3. The summed E-state index contributed by atoms with van der Waals surface area (Å²) in [5, 5.41) is 10.9. The van der Waals surface area contributed by atoms with Crippen molar-refractivity contribution in [2.24, 2.45) is 0 Å². The second kappa shape index (κ2) is 24.8. The Labute approximate surface area is 367 Å². The number of halogens is 1. The van der Waals surface area contributed by atoms with Gasteiger partial charge >= 0.3 is 22.4 Å². The van der Waals surface area contributed by atoms with Gasteiger partial charge in [0.25, 0.3) is 0 Å². The van der Waals surface area contributed by atoms with Gasteiger partial charge < -0.3 is 12.4 Å². The third-order valence-electron chi connectivity index (χ3n) is 8.89. The van der Waals surface area contributed by atoms with E-state index in [0.717, 1.165) is 24.6 Å². The van der Waals surface area contributed by atoms with Gasteiger partial charge in [0.05, 0.1) is 0 Å². The smallest absolute Gasteiger partial charge is 1.00 e. The van der Waals surface area contributed by atoms with Crippen molar-refractivity contribution in [3.8, 4) is 0 Å². The van der Waals surface area contributed by atoms with Crippen LogP contribution >= 0.6 is 31.7 Å². The van der Waals surface area contributed by atoms with Crippen molar-refractivity contribution in [3.05, 3.63) is 196 Å². The molecule has 14 heteroatoms. The number of rotatable bonds is 14. The van der Waals surface area contributed by atoms with Crippen molar-refractivity contribution in [1.82, 2.24) is 39.9 Å². The van der Waals surface area contributed by atoms with Gasteiger partial charge in [-0.15, -0.1) is 0 Å². The van der Waals surface area contributed by atoms with Crippen LogP contribution in [0.15, 0.2) is 196 Å². The van der Waals surface area contributed by atoms with Gasteiger partial charge in [-0.2, -0.15) is 0 Å². The third kappa shape index (κ3) is 13.0. The molecule has 0 aromatic carbocycles. The van der Waals surface area contributed by atoms with Gasteiger partial charge in [0.2, 0.25) is 0 Å². The van der Waals surface area contributed by atoms with Crippen LogP contribution in [-0.2, 0) is 22.4 Å². The average Bonchev–Trinajstić information content (AvgIpc) is 3.29. The standard InChI is InChI=1S/2C22H20N4P2.Au.ClH/c2*1-9-23-10-2-19(1)27(20-3-11-24-12-4-20)17-18-28(21-5-13-25-14-6-21)22-7-15-26-16-8-22;;/h2*1-16H,17-18H2;;1H/q;;+1;/p-1. The normalized spacial score (nSPS) is 10.7. The maximum atomic E-state index is 4.20. The van der Waals surface area contributed by atoms with Gasteiger partial charge in [0.15, 0.2) is 0 Å². The zero-order valence-electron chi connectivity index (χ0n) is 31.3. The van der Waals surface area contributed by atoms with Crippen LogP contribution in [0.2, 0.25) is 0 Å². The van der Waals surface area contributed by atoms with Crippen LogP contribution in [0.5, 0.6) is 0 Å². The monoisotopic (exact) mass is 1040 g/mol. The Morgan fingerprint density at radius 2 is 0.328 bits per heavy atom. The molecule has 0 saturated heterocycles. The molecular formula is C44H40AuClN8P4. The van der Waals surface area contributed by atoms with E-state index in [2.05, 4.69) is 137 Å². The Balaban J connectivity index is 0.000000214. The molecule has 0 saturated carbocycles. The van der Waals surface area contributed by atoms with E-state index in [1.54, 1.807) is 0 Å². The van der Waals surface area contributed by atoms with E-state index >= 15 is 0 Å². The Hall–Kier alpha value is -4.05. The fraction of sp³-hybridized carbons (Fsp3) is 0.0909. The van der Waals surface area contributed by atoms with Gasteiger partial charge in [-0.1, -0.05) is 0 Å². The molecular weight excluding hydrogens is 997 g/mol. The largest absolute Gasteiger partial charge is 1.00 e. The number of hydrogen-bond acceptors (Lipinski definition) is 8. The summed E-state index contributed by atoms with van der Waals surface area (Å²) < 4.78 is 0. The zero-order valence-corrected chi connectivity index (χ0v) is 37.8. The van der Waals surface area contributed by atoms with Crippen molar-refractivity contribution >= 4 is 74.1 Å². The molecule has 8 heterocycles. The van der Waals surface area contributed by atoms with Gasteiger partial charge in [-0.05, 0) is 196 Å². The molecule has 0 aliphatic carbocycles. The predicted molar refractivity (Wildman–Crippen MR) is 238 cm³/mol. The van der Waals surface area contributed by atoms with Crippen LogP contribution in [0.4, 0.5) is 0 Å². The third-order valence-corrected chi connectivity index (χ3v) is 19.7. The van der Waals surface area contributed by atoms with Gasteiger partial charge in [0.1, 0.15) is 0 Å². The Morgan fingerprint density at radius 3 is 0.431 bits per heavy atom. The van der Waals surface area contributed by atoms with E-state index in [0.29, 0.717) is 0 Å². The molecule has 8 rings (SSSR count). The Morgan fingerprint density at radius 1 is 0.224 bits per heavy atom. The number of nitrogens with zero attached hydrogens (tertiary/aromatic N) is 8. The predicted octanol–water partition coefficient (Wildman–Crippen LogP) is 2.67. The quantitative estimate of drug-likeness (QED) is 0.121. The van der Waals surface area contributed by atoms with E-state index in [-0.39, 0.29) is 34.8 Å². The molecule has 8 aromatic rings. The van der Waals surface area contributed by atoms with E-state index in [1.165, 1.54) is 42.4 Å². The maximum absolute atomic E-state index is 4.20. The number of hydrogen-bond donors (Lipinski definition) is 0. The second-order valence-electron chi connectivity index (χ2n) is 12.2. The minimum Gasteiger partial charge on any atom is -1.00 e. The molecule has 0 atom stereocenters. The molecule has 8 aromatic heterocycles. The van der Waals surface area contributed by atoms with E-state index in [9.17, 15) is 0 Å². The first-order valence-electron chi connectivity index (χ1n) is 18.1. The SMILES string of the molecule is [Au+].[Cl-].c1cc(P(CCP(c2ccncc2)c2ccncc2)c2ccncc2)ccn1.c1cc(P(CCP(c2ccncc2)c2ccncc2)c2ccncc2)ccn1. The van der Waals surface area contributed by atoms with Crippen molar-refractivity contribution in [1.29, 1.82) is 0 Å². The molecule has 58 heavy (non-hydrogen) atoms. The molecule has 0 aliphatic rings. The first kappa shape index (κ1) is 45.0. The Bertz CT molecular complexity index is 1800. The van der Waals surface area contributed by atoms with Gasteiger partial charge in [-0.25, -0.2) is 0 Å². The summed E-state index contributed by atoms with van der Waals surface area (Å²) in [6.45, 7) is 0. The number of aromatic nitrogens is 8. The minimum atomic E-state index is -0.459. The minimum absolute atomic E-state index is 0. The molecule has 0 bridgehead atoms. The molecule has 8 nitrogen and oxygen atoms in total. The van der Waals surface area contributed by atoms with Crippen molar-refractivity contribution in [3.63, 3.8) is 0 Å². The average molecular weight is 1040 g/mol. The van der Waals surface area contributed by atoms with Crippen LogP contribution in [0.1, 0.15) is 0 Å². The van der Waals surface area contributed by atoms with E-state index < -0.39 is 31.7 Å². The molecule has 0 amide bonds. The number of pyridine rings is 8. The van der Waals surface area contributed by atoms with Crippen LogP contribution < -0.4 is 54.8 Å². The van der Waals surface area contributed by atoms with Crippen LogP contribution in [0, 0.1) is 0 Å². The molecule has 0 fully saturated rings. The molecule has 0 unspecified atom stereocenters. The van der Waals surface area contributed by atoms with E-state index in [4.69, 9.17) is 0 Å². The second-order valence-corrected chi connectivity index (χ2v) is 21.6. The Kier molecular flexibility index (Phi) is 19.2. The first-order chi connectivity index (χ1) is 27.8. The fourth-order valence-corrected chi connectivity index (χ4v) is 16.6.